The van der Waals surface area contributed by atoms with Crippen LogP contribution in [0.1, 0.15) is 11.4 Å². The first-order valence-corrected chi connectivity index (χ1v) is 9.97. The molecule has 0 aliphatic heterocycles. The third-order valence-electron chi connectivity index (χ3n) is 5.43. The maximum Gasteiger partial charge on any atom is 0.229 e. The molecule has 0 bridgehead atoms. The molecule has 0 aliphatic carbocycles. The van der Waals surface area contributed by atoms with Gasteiger partial charge in [0, 0.05) is 48.7 Å². The summed E-state index contributed by atoms with van der Waals surface area (Å²) < 4.78 is 3.84. The van der Waals surface area contributed by atoms with Gasteiger partial charge in [0.15, 0.2) is 5.65 Å². The monoisotopic (exact) mass is 410 g/mol. The van der Waals surface area contributed by atoms with E-state index in [4.69, 9.17) is 4.98 Å². The highest BCUT2D eigenvalue weighted by Crippen LogP contribution is 2.27. The van der Waals surface area contributed by atoms with Crippen molar-refractivity contribution in [2.24, 2.45) is 14.1 Å². The predicted molar refractivity (Wildman–Crippen MR) is 121 cm³/mol. The number of anilines is 2. The quantitative estimate of drug-likeness (QED) is 0.478. The van der Waals surface area contributed by atoms with Gasteiger partial charge in [-0.05, 0) is 43.7 Å². The minimum Gasteiger partial charge on any atom is -0.331 e. The van der Waals surface area contributed by atoms with Crippen LogP contribution < -0.4 is 5.32 Å². The molecule has 0 fully saturated rings. The van der Waals surface area contributed by atoms with Crippen molar-refractivity contribution < 1.29 is 0 Å². The van der Waals surface area contributed by atoms with Crippen molar-refractivity contribution in [3.05, 3.63) is 66.5 Å². The summed E-state index contributed by atoms with van der Waals surface area (Å²) in [6.45, 7) is 4.06. The lowest BCUT2D eigenvalue weighted by molar-refractivity contribution is 0.768. The van der Waals surface area contributed by atoms with Crippen molar-refractivity contribution in [1.82, 2.24) is 34.3 Å². The molecule has 0 radical (unpaired) electrons. The maximum absolute atomic E-state index is 4.70. The van der Waals surface area contributed by atoms with Crippen LogP contribution in [0.25, 0.3) is 33.5 Å². The number of fused-ring (bicyclic) bond motifs is 1. The number of hydrogen-bond acceptors (Lipinski definition) is 6. The maximum atomic E-state index is 4.70. The Morgan fingerprint density at radius 3 is 2.45 bits per heavy atom. The molecule has 0 aliphatic rings. The fourth-order valence-corrected chi connectivity index (χ4v) is 3.54. The molecular formula is C23H22N8. The van der Waals surface area contributed by atoms with Crippen LogP contribution in [0.3, 0.4) is 0 Å². The molecule has 0 saturated carbocycles. The number of pyridine rings is 1. The van der Waals surface area contributed by atoms with Gasteiger partial charge in [-0.2, -0.15) is 10.1 Å². The Balaban J connectivity index is 1.45. The van der Waals surface area contributed by atoms with E-state index < -0.39 is 0 Å². The van der Waals surface area contributed by atoms with Gasteiger partial charge in [-0.1, -0.05) is 6.07 Å². The molecule has 0 atom stereocenters. The molecular weight excluding hydrogens is 388 g/mol. The molecule has 5 rings (SSSR count). The lowest BCUT2D eigenvalue weighted by Crippen LogP contribution is -2.00. The number of benzene rings is 1. The molecule has 0 spiro atoms. The standard InChI is InChI=1S/C23H22N8/c1-14-9-16(21-12-24-15(2)31(21)4)5-7-19(14)28-23-25-10-17-6-8-20(27-22(17)29-23)18-11-26-30(3)13-18/h5-13H,1-4H3,(H,25,27,28,29). The normalized spacial score (nSPS) is 11.2. The van der Waals surface area contributed by atoms with Crippen LogP contribution >= 0.6 is 0 Å². The van der Waals surface area contributed by atoms with Crippen LogP contribution in [0, 0.1) is 13.8 Å². The van der Waals surface area contributed by atoms with E-state index in [0.717, 1.165) is 45.0 Å². The van der Waals surface area contributed by atoms with Gasteiger partial charge in [-0.25, -0.2) is 15.0 Å². The van der Waals surface area contributed by atoms with Gasteiger partial charge in [0.2, 0.25) is 5.95 Å². The van der Waals surface area contributed by atoms with Crippen molar-refractivity contribution in [1.29, 1.82) is 0 Å². The number of nitrogens with one attached hydrogen (secondary N) is 1. The Kier molecular flexibility index (Phi) is 4.47. The molecule has 154 valence electrons. The van der Waals surface area contributed by atoms with E-state index in [9.17, 15) is 0 Å². The number of aryl methyl sites for hydroxylation is 3. The smallest absolute Gasteiger partial charge is 0.229 e. The second kappa shape index (κ2) is 7.32. The van der Waals surface area contributed by atoms with E-state index in [-0.39, 0.29) is 0 Å². The van der Waals surface area contributed by atoms with Crippen LogP contribution in [0.5, 0.6) is 0 Å². The Bertz CT molecular complexity index is 1410. The first kappa shape index (κ1) is 18.9. The molecule has 1 aromatic carbocycles. The molecule has 0 unspecified atom stereocenters. The first-order chi connectivity index (χ1) is 15.0. The van der Waals surface area contributed by atoms with Gasteiger partial charge in [0.25, 0.3) is 0 Å². The van der Waals surface area contributed by atoms with Crippen molar-refractivity contribution in [2.45, 2.75) is 13.8 Å². The SMILES string of the molecule is Cc1cc(-c2cnc(C)n2C)ccc1Nc1ncc2ccc(-c3cnn(C)c3)nc2n1. The van der Waals surface area contributed by atoms with Gasteiger partial charge in [0.05, 0.1) is 23.8 Å². The third kappa shape index (κ3) is 3.52. The minimum atomic E-state index is 0.510. The second-order valence-corrected chi connectivity index (χ2v) is 7.61. The lowest BCUT2D eigenvalue weighted by atomic mass is 10.1. The Labute approximate surface area is 179 Å². The van der Waals surface area contributed by atoms with Crippen molar-refractivity contribution in [2.75, 3.05) is 5.32 Å². The summed E-state index contributed by atoms with van der Waals surface area (Å²) in [6.07, 6.45) is 7.41. The van der Waals surface area contributed by atoms with Gasteiger partial charge in [-0.3, -0.25) is 4.68 Å². The zero-order chi connectivity index (χ0) is 21.5. The van der Waals surface area contributed by atoms with Crippen LogP contribution in [0.15, 0.2) is 55.1 Å². The molecule has 5 aromatic rings. The summed E-state index contributed by atoms with van der Waals surface area (Å²) in [6, 6.07) is 10.2. The largest absolute Gasteiger partial charge is 0.331 e. The summed E-state index contributed by atoms with van der Waals surface area (Å²) in [7, 11) is 3.91. The van der Waals surface area contributed by atoms with Gasteiger partial charge >= 0.3 is 0 Å². The summed E-state index contributed by atoms with van der Waals surface area (Å²) >= 11 is 0. The number of nitrogens with zero attached hydrogens (tertiary/aromatic N) is 7. The van der Waals surface area contributed by atoms with Gasteiger partial charge in [0.1, 0.15) is 5.82 Å². The second-order valence-electron chi connectivity index (χ2n) is 7.61. The Morgan fingerprint density at radius 2 is 1.74 bits per heavy atom. The number of rotatable bonds is 4. The molecule has 31 heavy (non-hydrogen) atoms. The van der Waals surface area contributed by atoms with Crippen LogP contribution in [-0.4, -0.2) is 34.3 Å². The third-order valence-corrected chi connectivity index (χ3v) is 5.43. The average molecular weight is 410 g/mol. The van der Waals surface area contributed by atoms with Gasteiger partial charge < -0.3 is 9.88 Å². The van der Waals surface area contributed by atoms with E-state index in [2.05, 4.69) is 49.0 Å². The minimum absolute atomic E-state index is 0.510. The first-order valence-electron chi connectivity index (χ1n) is 9.97. The highest BCUT2D eigenvalue weighted by atomic mass is 15.2. The fourth-order valence-electron chi connectivity index (χ4n) is 3.54. The summed E-state index contributed by atoms with van der Waals surface area (Å²) in [5.41, 5.74) is 6.67. The zero-order valence-corrected chi connectivity index (χ0v) is 17.8. The van der Waals surface area contributed by atoms with E-state index in [0.29, 0.717) is 11.6 Å². The highest BCUT2D eigenvalue weighted by Gasteiger charge is 2.10. The topological polar surface area (TPSA) is 86.3 Å². The van der Waals surface area contributed by atoms with Crippen LogP contribution in [0.4, 0.5) is 11.6 Å². The summed E-state index contributed by atoms with van der Waals surface area (Å²) in [4.78, 5) is 18.2. The molecule has 1 N–H and O–H groups in total. The van der Waals surface area contributed by atoms with Crippen LogP contribution in [-0.2, 0) is 14.1 Å². The summed E-state index contributed by atoms with van der Waals surface area (Å²) in [5.74, 6) is 1.49. The molecule has 4 aromatic heterocycles. The number of imidazole rings is 1. The summed E-state index contributed by atoms with van der Waals surface area (Å²) in [5, 5.41) is 8.43. The van der Waals surface area contributed by atoms with Gasteiger partial charge in [-0.15, -0.1) is 0 Å². The van der Waals surface area contributed by atoms with Crippen molar-refractivity contribution >= 4 is 22.7 Å². The number of aromatic nitrogens is 7. The van der Waals surface area contributed by atoms with E-state index >= 15 is 0 Å². The molecule has 0 amide bonds. The Morgan fingerprint density at radius 1 is 0.871 bits per heavy atom. The fraction of sp³-hybridized carbons (Fsp3) is 0.174. The van der Waals surface area contributed by atoms with E-state index in [1.807, 2.05) is 51.6 Å². The van der Waals surface area contributed by atoms with Crippen molar-refractivity contribution in [3.63, 3.8) is 0 Å². The molecule has 4 heterocycles. The molecule has 0 saturated heterocycles. The van der Waals surface area contributed by atoms with E-state index in [1.54, 1.807) is 17.1 Å². The van der Waals surface area contributed by atoms with E-state index in [1.165, 1.54) is 0 Å². The molecule has 8 heteroatoms. The average Bonchev–Trinajstić information content (AvgIpc) is 3.34. The van der Waals surface area contributed by atoms with Crippen LogP contribution in [0.2, 0.25) is 0 Å². The Hall–Kier alpha value is -4.07. The van der Waals surface area contributed by atoms with Crippen molar-refractivity contribution in [3.8, 4) is 22.5 Å². The lowest BCUT2D eigenvalue weighted by Gasteiger charge is -2.11. The highest BCUT2D eigenvalue weighted by molar-refractivity contribution is 5.79. The predicted octanol–water partition coefficient (Wildman–Crippen LogP) is 4.19. The molecule has 8 nitrogen and oxygen atoms in total. The number of hydrogen-bond donors (Lipinski definition) is 1. The zero-order valence-electron chi connectivity index (χ0n) is 17.8.